The molecule has 170 valence electrons. The molecule has 0 unspecified atom stereocenters. The average Bonchev–Trinajstić information content (AvgIpc) is 3.23. The Bertz CT molecular complexity index is 1180. The van der Waals surface area contributed by atoms with Crippen molar-refractivity contribution in [3.63, 3.8) is 0 Å². The Balaban J connectivity index is 1.48. The van der Waals surface area contributed by atoms with Gasteiger partial charge in [-0.05, 0) is 55.0 Å². The molecule has 33 heavy (non-hydrogen) atoms. The molecule has 1 aliphatic carbocycles. The summed E-state index contributed by atoms with van der Waals surface area (Å²) in [6.45, 7) is 0.721. The molecule has 0 amide bonds. The van der Waals surface area contributed by atoms with Gasteiger partial charge in [0.1, 0.15) is 11.6 Å². The number of benzene rings is 2. The minimum atomic E-state index is 0.503. The van der Waals surface area contributed by atoms with E-state index in [0.29, 0.717) is 6.04 Å². The zero-order valence-corrected chi connectivity index (χ0v) is 19.3. The normalized spacial score (nSPS) is 14.5. The standard InChI is InChI=1S/C28H32N4O/c1-33-24-15-12-22(13-16-24)20-32-26-18-19-29-28(30-23-10-6-3-7-11-23)27(26)25(31-32)17-14-21-8-4-2-5-9-21/h2,4-5,8-9,12-13,15-16,18-19,23H,3,6-7,10-11,14,17,20H2,1H3,(H,29,30). The van der Waals surface area contributed by atoms with Gasteiger partial charge in [0.2, 0.25) is 0 Å². The van der Waals surface area contributed by atoms with Crippen LogP contribution in [0.15, 0.2) is 66.9 Å². The van der Waals surface area contributed by atoms with Crippen molar-refractivity contribution in [3.05, 3.63) is 83.7 Å². The molecule has 5 heteroatoms. The number of ether oxygens (including phenoxy) is 1. The molecular weight excluding hydrogens is 408 g/mol. The van der Waals surface area contributed by atoms with Gasteiger partial charge < -0.3 is 10.1 Å². The highest BCUT2D eigenvalue weighted by Gasteiger charge is 2.19. The van der Waals surface area contributed by atoms with Crippen LogP contribution in [0, 0.1) is 0 Å². The van der Waals surface area contributed by atoms with E-state index in [9.17, 15) is 0 Å². The summed E-state index contributed by atoms with van der Waals surface area (Å²) in [7, 11) is 1.70. The number of methoxy groups -OCH3 is 1. The van der Waals surface area contributed by atoms with E-state index in [1.165, 1.54) is 48.6 Å². The van der Waals surface area contributed by atoms with Crippen molar-refractivity contribution in [1.29, 1.82) is 0 Å². The van der Waals surface area contributed by atoms with Gasteiger partial charge >= 0.3 is 0 Å². The molecule has 0 aliphatic heterocycles. The Morgan fingerprint density at radius 3 is 2.45 bits per heavy atom. The van der Waals surface area contributed by atoms with Gasteiger partial charge in [0.05, 0.1) is 30.3 Å². The number of rotatable bonds is 8. The molecule has 2 aromatic heterocycles. The Labute approximate surface area is 195 Å². The van der Waals surface area contributed by atoms with Crippen LogP contribution in [0.25, 0.3) is 10.9 Å². The highest BCUT2D eigenvalue weighted by molar-refractivity contribution is 5.92. The van der Waals surface area contributed by atoms with Crippen LogP contribution in [0.3, 0.4) is 0 Å². The summed E-state index contributed by atoms with van der Waals surface area (Å²) >= 11 is 0. The van der Waals surface area contributed by atoms with Gasteiger partial charge in [-0.2, -0.15) is 5.10 Å². The lowest BCUT2D eigenvalue weighted by Crippen LogP contribution is -2.23. The molecule has 5 nitrogen and oxygen atoms in total. The number of nitrogens with one attached hydrogen (secondary N) is 1. The van der Waals surface area contributed by atoms with E-state index in [2.05, 4.69) is 58.5 Å². The fourth-order valence-corrected chi connectivity index (χ4v) is 4.86. The molecule has 1 aliphatic rings. The largest absolute Gasteiger partial charge is 0.497 e. The first-order valence-corrected chi connectivity index (χ1v) is 12.1. The van der Waals surface area contributed by atoms with Crippen molar-refractivity contribution in [1.82, 2.24) is 14.8 Å². The highest BCUT2D eigenvalue weighted by Crippen LogP contribution is 2.30. The maximum absolute atomic E-state index is 5.32. The lowest BCUT2D eigenvalue weighted by molar-refractivity contribution is 0.414. The second kappa shape index (κ2) is 10.1. The number of aryl methyl sites for hydroxylation is 2. The second-order valence-corrected chi connectivity index (χ2v) is 8.97. The number of nitrogens with zero attached hydrogens (tertiary/aromatic N) is 3. The first-order valence-electron chi connectivity index (χ1n) is 12.1. The molecule has 1 N–H and O–H groups in total. The maximum atomic E-state index is 5.32. The van der Waals surface area contributed by atoms with Gasteiger partial charge in [0.15, 0.2) is 0 Å². The van der Waals surface area contributed by atoms with Gasteiger partial charge in [0, 0.05) is 12.2 Å². The summed E-state index contributed by atoms with van der Waals surface area (Å²) in [4.78, 5) is 4.78. The maximum Gasteiger partial charge on any atom is 0.137 e. The van der Waals surface area contributed by atoms with E-state index >= 15 is 0 Å². The Kier molecular flexibility index (Phi) is 6.56. The van der Waals surface area contributed by atoms with Crippen LogP contribution in [0.2, 0.25) is 0 Å². The van der Waals surface area contributed by atoms with E-state index in [4.69, 9.17) is 14.8 Å². The quantitative estimate of drug-likeness (QED) is 0.364. The van der Waals surface area contributed by atoms with Crippen LogP contribution in [-0.2, 0) is 19.4 Å². The average molecular weight is 441 g/mol. The summed E-state index contributed by atoms with van der Waals surface area (Å²) in [6, 6.07) is 21.5. The van der Waals surface area contributed by atoms with Crippen molar-refractivity contribution >= 4 is 16.7 Å². The fourth-order valence-electron chi connectivity index (χ4n) is 4.86. The number of pyridine rings is 1. The van der Waals surface area contributed by atoms with E-state index in [0.717, 1.165) is 42.2 Å². The lowest BCUT2D eigenvalue weighted by Gasteiger charge is -2.23. The molecule has 1 saturated carbocycles. The topological polar surface area (TPSA) is 52.0 Å². The van der Waals surface area contributed by atoms with E-state index in [1.54, 1.807) is 7.11 Å². The molecule has 0 spiro atoms. The number of hydrogen-bond donors (Lipinski definition) is 1. The van der Waals surface area contributed by atoms with Gasteiger partial charge in [-0.3, -0.25) is 4.68 Å². The van der Waals surface area contributed by atoms with Crippen LogP contribution >= 0.6 is 0 Å². The van der Waals surface area contributed by atoms with Crippen molar-refractivity contribution in [2.24, 2.45) is 0 Å². The molecule has 0 bridgehead atoms. The fraction of sp³-hybridized carbons (Fsp3) is 0.357. The van der Waals surface area contributed by atoms with Crippen molar-refractivity contribution in [2.45, 2.75) is 57.5 Å². The second-order valence-electron chi connectivity index (χ2n) is 8.97. The Hall–Kier alpha value is -3.34. The van der Waals surface area contributed by atoms with Crippen LogP contribution in [0.5, 0.6) is 5.75 Å². The van der Waals surface area contributed by atoms with E-state index in [-0.39, 0.29) is 0 Å². The highest BCUT2D eigenvalue weighted by atomic mass is 16.5. The smallest absolute Gasteiger partial charge is 0.137 e. The zero-order chi connectivity index (χ0) is 22.5. The Morgan fingerprint density at radius 2 is 1.70 bits per heavy atom. The molecule has 0 saturated heterocycles. The predicted molar refractivity (Wildman–Crippen MR) is 134 cm³/mol. The van der Waals surface area contributed by atoms with E-state index < -0.39 is 0 Å². The van der Waals surface area contributed by atoms with Crippen LogP contribution in [-0.4, -0.2) is 27.9 Å². The van der Waals surface area contributed by atoms with Crippen LogP contribution in [0.4, 0.5) is 5.82 Å². The third-order valence-electron chi connectivity index (χ3n) is 6.67. The lowest BCUT2D eigenvalue weighted by atomic mass is 9.95. The predicted octanol–water partition coefficient (Wildman–Crippen LogP) is 6.02. The van der Waals surface area contributed by atoms with Crippen molar-refractivity contribution in [3.8, 4) is 5.75 Å². The summed E-state index contributed by atoms with van der Waals surface area (Å²) < 4.78 is 7.45. The van der Waals surface area contributed by atoms with Gasteiger partial charge in [-0.15, -0.1) is 0 Å². The molecule has 0 radical (unpaired) electrons. The van der Waals surface area contributed by atoms with Gasteiger partial charge in [0.25, 0.3) is 0 Å². The molecule has 2 aromatic carbocycles. The Morgan fingerprint density at radius 1 is 0.909 bits per heavy atom. The SMILES string of the molecule is COc1ccc(Cn2nc(CCc3ccccc3)c3c(NC4CCCCC4)nccc32)cc1. The van der Waals surface area contributed by atoms with Crippen LogP contribution < -0.4 is 10.1 Å². The van der Waals surface area contributed by atoms with Gasteiger partial charge in [-0.25, -0.2) is 4.98 Å². The molecule has 0 atom stereocenters. The number of hydrogen-bond acceptors (Lipinski definition) is 4. The summed E-state index contributed by atoms with van der Waals surface area (Å²) in [5.41, 5.74) is 4.80. The molecule has 4 aromatic rings. The minimum absolute atomic E-state index is 0.503. The molecular formula is C28H32N4O. The molecule has 5 rings (SSSR count). The number of anilines is 1. The minimum Gasteiger partial charge on any atom is -0.497 e. The third-order valence-corrected chi connectivity index (χ3v) is 6.67. The van der Waals surface area contributed by atoms with Crippen molar-refractivity contribution in [2.75, 3.05) is 12.4 Å². The number of aromatic nitrogens is 3. The first-order chi connectivity index (χ1) is 16.3. The van der Waals surface area contributed by atoms with Crippen LogP contribution in [0.1, 0.15) is 48.9 Å². The molecule has 1 fully saturated rings. The summed E-state index contributed by atoms with van der Waals surface area (Å²) in [5, 5.41) is 10.0. The molecule has 2 heterocycles. The summed E-state index contributed by atoms with van der Waals surface area (Å²) in [6.07, 6.45) is 10.2. The third kappa shape index (κ3) is 5.03. The number of fused-ring (bicyclic) bond motifs is 1. The van der Waals surface area contributed by atoms with E-state index in [1.807, 2.05) is 18.3 Å². The summed E-state index contributed by atoms with van der Waals surface area (Å²) in [5.74, 6) is 1.86. The van der Waals surface area contributed by atoms with Crippen molar-refractivity contribution < 1.29 is 4.74 Å². The monoisotopic (exact) mass is 440 g/mol. The van der Waals surface area contributed by atoms with Gasteiger partial charge in [-0.1, -0.05) is 61.7 Å². The zero-order valence-electron chi connectivity index (χ0n) is 19.3. The first kappa shape index (κ1) is 21.5.